The van der Waals surface area contributed by atoms with E-state index in [1.165, 1.54) is 12.8 Å². The molecule has 0 saturated carbocycles. The van der Waals surface area contributed by atoms with Crippen molar-refractivity contribution in [2.24, 2.45) is 0 Å². The summed E-state index contributed by atoms with van der Waals surface area (Å²) in [5.41, 5.74) is -1.25. The van der Waals surface area contributed by atoms with Crippen LogP contribution in [0.25, 0.3) is 0 Å². The molecule has 3 unspecified atom stereocenters. The molecule has 0 saturated heterocycles. The van der Waals surface area contributed by atoms with Crippen LogP contribution in [0.15, 0.2) is 0 Å². The molecule has 0 aliphatic rings. The van der Waals surface area contributed by atoms with E-state index in [4.69, 9.17) is 72.2 Å². The van der Waals surface area contributed by atoms with E-state index in [1.807, 2.05) is 272 Å². The molecule has 0 aliphatic carbocycles. The standard InChI is InChI=1S/3C9H21NO2.C9H21NO.3C8H19NO2.C8H19NO.3C8H18O2.C8H18O/c3*1-9(2,3)12-7-8(11)6-10(4)5;1-9(2,3)11-8-6-7-10(4)5;3*1-8(2,3)11-6-7(10)5-9-4;1-8(2,3)10-7-5-6-9-4;3*1-5-7(9)6-10-8(2,3)4;1-5-6-7-9-8(2,3)4/h3*8,11H,6-7H2,1-5H3;6-8H2,1-5H3;3*7,9-10H,5-6H2,1-4H3;9H,5-7H2,1-4H3;3*7,9H,5-6H2,1-4H3;5-7H2,1-4H3/t2*8-;;;2*7-;;;2*7-;;/m10..10..10../s1. The molecule has 0 aromatic rings. The van der Waals surface area contributed by atoms with Crippen LogP contribution in [0.5, 0.6) is 0 Å². The smallest absolute Gasteiger partial charge is 0.0900 e. The molecular formula is C100H232N8O21. The van der Waals surface area contributed by atoms with E-state index >= 15 is 0 Å². The Morgan fingerprint density at radius 3 is 0.512 bits per heavy atom. The topological polar surface area (TPSA) is 354 Å². The predicted molar refractivity (Wildman–Crippen MR) is 547 cm³/mol. The van der Waals surface area contributed by atoms with Gasteiger partial charge in [0.15, 0.2) is 0 Å². The molecule has 9 atom stereocenters. The maximum atomic E-state index is 9.42. The summed E-state index contributed by atoms with van der Waals surface area (Å²) < 4.78 is 64.8. The van der Waals surface area contributed by atoms with E-state index in [0.717, 1.165) is 65.0 Å². The van der Waals surface area contributed by atoms with E-state index in [2.05, 4.69) is 109 Å². The SMILES string of the molecule is CCC(O)COC(C)(C)C.CCCCOC(C)(C)C.CC[C@@H](O)COC(C)(C)C.CC[C@H](O)COC(C)(C)C.CN(C)CC(O)COC(C)(C)C.CN(C)CCCOC(C)(C)C.CN(C)C[C@@H](O)COC(C)(C)C.CN(C)C[C@H](O)COC(C)(C)C.CNCC(O)COC(C)(C)C.CNCCCOC(C)(C)C.CNC[C@@H](O)COC(C)(C)C.CNC[C@H](O)COC(C)(C)C. The van der Waals surface area contributed by atoms with Crippen LogP contribution in [0.3, 0.4) is 0 Å². The fourth-order valence-electron chi connectivity index (χ4n) is 7.68. The molecular weight excluding hydrogens is 1650 g/mol. The first-order valence-electron chi connectivity index (χ1n) is 47.7. The van der Waals surface area contributed by atoms with Gasteiger partial charge in [0.05, 0.1) is 182 Å². The van der Waals surface area contributed by atoms with Gasteiger partial charge in [-0.25, -0.2) is 0 Å². The van der Waals surface area contributed by atoms with Crippen LogP contribution in [0.1, 0.15) is 322 Å². The third-order valence-corrected chi connectivity index (χ3v) is 14.3. The maximum absolute atomic E-state index is 9.42. The summed E-state index contributed by atoms with van der Waals surface area (Å²) >= 11 is 0. The number of hydrogen-bond donors (Lipinski definition) is 13. The number of nitrogens with one attached hydrogen (secondary N) is 4. The molecule has 0 aliphatic heterocycles. The molecule has 0 radical (unpaired) electrons. The first-order valence-corrected chi connectivity index (χ1v) is 47.7. The van der Waals surface area contributed by atoms with Crippen molar-refractivity contribution in [2.75, 3.05) is 216 Å². The third kappa shape index (κ3) is 194. The van der Waals surface area contributed by atoms with Crippen molar-refractivity contribution in [1.82, 2.24) is 40.9 Å². The van der Waals surface area contributed by atoms with Gasteiger partial charge in [0, 0.05) is 59.1 Å². The number of aliphatic hydroxyl groups excluding tert-OH is 9. The van der Waals surface area contributed by atoms with E-state index in [-0.39, 0.29) is 104 Å². The highest BCUT2D eigenvalue weighted by Crippen LogP contribution is 2.16. The fourth-order valence-corrected chi connectivity index (χ4v) is 7.68. The van der Waals surface area contributed by atoms with Gasteiger partial charge in [-0.1, -0.05) is 34.1 Å². The zero-order valence-electron chi connectivity index (χ0n) is 95.0. The number of unbranched alkanes of at least 4 members (excludes halogenated alkanes) is 1. The average molecular weight is 1880 g/mol. The summed E-state index contributed by atoms with van der Waals surface area (Å²) in [7, 11) is 23.1. The van der Waals surface area contributed by atoms with Gasteiger partial charge in [-0.3, -0.25) is 0 Å². The van der Waals surface area contributed by atoms with Crippen molar-refractivity contribution in [2.45, 2.75) is 444 Å². The van der Waals surface area contributed by atoms with E-state index in [1.54, 1.807) is 21.1 Å². The lowest BCUT2D eigenvalue weighted by Crippen LogP contribution is -2.33. The van der Waals surface area contributed by atoms with Gasteiger partial charge in [0.25, 0.3) is 0 Å². The van der Waals surface area contributed by atoms with Crippen molar-refractivity contribution in [3.63, 3.8) is 0 Å². The summed E-state index contributed by atoms with van der Waals surface area (Å²) in [5.74, 6) is 0. The maximum Gasteiger partial charge on any atom is 0.0900 e. The summed E-state index contributed by atoms with van der Waals surface area (Å²) in [6, 6.07) is 0. The Balaban J connectivity index is -0.000000116. The summed E-state index contributed by atoms with van der Waals surface area (Å²) in [6.45, 7) is 92.3. The Morgan fingerprint density at radius 1 is 0.209 bits per heavy atom. The van der Waals surface area contributed by atoms with Crippen LogP contribution in [-0.4, -0.2) is 404 Å². The molecule has 13 N–H and O–H groups in total. The molecule has 29 heteroatoms. The van der Waals surface area contributed by atoms with E-state index < -0.39 is 18.3 Å². The van der Waals surface area contributed by atoms with Gasteiger partial charge in [-0.2, -0.15) is 0 Å². The molecule has 0 heterocycles. The highest BCUT2D eigenvalue weighted by molar-refractivity contribution is 4.71. The first-order chi connectivity index (χ1) is 57.7. The highest BCUT2D eigenvalue weighted by atomic mass is 16.5. The molecule has 0 aromatic carbocycles. The Kier molecular flexibility index (Phi) is 102. The van der Waals surface area contributed by atoms with Gasteiger partial charge in [-0.05, 0) is 385 Å². The molecule has 0 spiro atoms. The minimum Gasteiger partial charge on any atom is -0.391 e. The summed E-state index contributed by atoms with van der Waals surface area (Å²) in [6.07, 6.45) is 3.58. The molecule has 0 amide bonds. The summed E-state index contributed by atoms with van der Waals surface area (Å²) in [5, 5.41) is 94.9. The van der Waals surface area contributed by atoms with Crippen LogP contribution in [0.4, 0.5) is 0 Å². The van der Waals surface area contributed by atoms with Crippen LogP contribution in [-0.2, 0) is 56.8 Å². The Bertz CT molecular complexity index is 2050. The monoisotopic (exact) mass is 1880 g/mol. The second-order valence-corrected chi connectivity index (χ2v) is 45.2. The minimum absolute atomic E-state index is 0.0202. The van der Waals surface area contributed by atoms with Crippen LogP contribution in [0.2, 0.25) is 0 Å². The van der Waals surface area contributed by atoms with Crippen LogP contribution < -0.4 is 21.3 Å². The lowest BCUT2D eigenvalue weighted by atomic mass is 10.2. The van der Waals surface area contributed by atoms with Gasteiger partial charge in [-0.15, -0.1) is 0 Å². The third-order valence-electron chi connectivity index (χ3n) is 14.3. The fraction of sp³-hybridized carbons (Fsp3) is 1.00. The average Bonchev–Trinajstić information content (AvgIpc) is 0.930. The Morgan fingerprint density at radius 2 is 0.372 bits per heavy atom. The summed E-state index contributed by atoms with van der Waals surface area (Å²) in [4.78, 5) is 8.00. The minimum atomic E-state index is -0.403. The molecule has 0 bridgehead atoms. The van der Waals surface area contributed by atoms with Crippen molar-refractivity contribution in [3.8, 4) is 0 Å². The van der Waals surface area contributed by atoms with Crippen molar-refractivity contribution in [1.29, 1.82) is 0 Å². The number of ether oxygens (including phenoxy) is 12. The van der Waals surface area contributed by atoms with Crippen molar-refractivity contribution < 1.29 is 103 Å². The molecule has 0 rings (SSSR count). The normalized spacial score (nSPS) is 14.5. The largest absolute Gasteiger partial charge is 0.391 e. The number of nitrogens with zero attached hydrogens (tertiary/aromatic N) is 4. The number of rotatable bonds is 44. The zero-order chi connectivity index (χ0) is 105. The second kappa shape index (κ2) is 86.0. The Labute approximate surface area is 800 Å². The highest BCUT2D eigenvalue weighted by Gasteiger charge is 2.21. The first kappa shape index (κ1) is 153. The zero-order valence-corrected chi connectivity index (χ0v) is 95.0. The van der Waals surface area contributed by atoms with Crippen molar-refractivity contribution >= 4 is 0 Å². The molecule has 129 heavy (non-hydrogen) atoms. The van der Waals surface area contributed by atoms with Gasteiger partial charge in [0.1, 0.15) is 0 Å². The van der Waals surface area contributed by atoms with Crippen LogP contribution >= 0.6 is 0 Å². The molecule has 29 nitrogen and oxygen atoms in total. The van der Waals surface area contributed by atoms with Gasteiger partial charge in [0.2, 0.25) is 0 Å². The predicted octanol–water partition coefficient (Wildman–Crippen LogP) is 13.8. The second-order valence-electron chi connectivity index (χ2n) is 45.2. The number of hydrogen-bond acceptors (Lipinski definition) is 29. The van der Waals surface area contributed by atoms with E-state index in [0.29, 0.717) is 98.7 Å². The lowest BCUT2D eigenvalue weighted by Gasteiger charge is -2.23. The molecule has 798 valence electrons. The quantitative estimate of drug-likeness (QED) is 0.0252. The van der Waals surface area contributed by atoms with Crippen molar-refractivity contribution in [3.05, 3.63) is 0 Å². The van der Waals surface area contributed by atoms with Gasteiger partial charge >= 0.3 is 0 Å². The Hall–Kier alpha value is -1.16. The number of aliphatic hydroxyl groups is 9. The molecule has 0 aromatic heterocycles. The van der Waals surface area contributed by atoms with Crippen LogP contribution in [0, 0.1) is 0 Å². The van der Waals surface area contributed by atoms with Gasteiger partial charge < -0.3 is 144 Å². The molecule has 0 fully saturated rings. The lowest BCUT2D eigenvalue weighted by molar-refractivity contribution is -0.0534. The number of likely N-dealkylation sites (N-methyl/N-ethyl adjacent to an activating group) is 6. The van der Waals surface area contributed by atoms with E-state index in [9.17, 15) is 30.6 Å².